The molecule has 0 saturated heterocycles. The van der Waals surface area contributed by atoms with E-state index in [1.165, 1.54) is 5.39 Å². The molecule has 0 amide bonds. The maximum Gasteiger partial charge on any atom is 0.126 e. The summed E-state index contributed by atoms with van der Waals surface area (Å²) < 4.78 is 5.62. The van der Waals surface area contributed by atoms with Gasteiger partial charge in [0.05, 0.1) is 6.04 Å². The molecule has 2 aromatic heterocycles. The van der Waals surface area contributed by atoms with E-state index in [2.05, 4.69) is 41.5 Å². The van der Waals surface area contributed by atoms with Crippen molar-refractivity contribution in [3.05, 3.63) is 54.1 Å². The molecule has 1 atom stereocenters. The number of furan rings is 1. The lowest BCUT2D eigenvalue weighted by molar-refractivity contribution is 0.467. The molecular weight excluding hydrogens is 224 g/mol. The molecule has 0 fully saturated rings. The van der Waals surface area contributed by atoms with Gasteiger partial charge in [0.25, 0.3) is 0 Å². The summed E-state index contributed by atoms with van der Waals surface area (Å²) in [6.45, 7) is 4.06. The van der Waals surface area contributed by atoms with Gasteiger partial charge in [0.2, 0.25) is 0 Å². The van der Waals surface area contributed by atoms with Crippen LogP contribution >= 0.6 is 0 Å². The van der Waals surface area contributed by atoms with E-state index in [9.17, 15) is 0 Å². The number of nitrogens with one attached hydrogen (secondary N) is 2. The molecule has 0 aliphatic heterocycles. The summed E-state index contributed by atoms with van der Waals surface area (Å²) in [5.41, 5.74) is 2.26. The average Bonchev–Trinajstić information content (AvgIpc) is 2.96. The molecule has 0 aliphatic carbocycles. The predicted octanol–water partition coefficient (Wildman–Crippen LogP) is 4.24. The summed E-state index contributed by atoms with van der Waals surface area (Å²) in [6.07, 6.45) is 1.95. The molecule has 1 unspecified atom stereocenters. The quantitative estimate of drug-likeness (QED) is 0.718. The highest BCUT2D eigenvalue weighted by Gasteiger charge is 2.09. The van der Waals surface area contributed by atoms with Crippen LogP contribution in [0.4, 0.5) is 5.69 Å². The number of anilines is 1. The maximum atomic E-state index is 5.62. The Morgan fingerprint density at radius 1 is 1.17 bits per heavy atom. The first kappa shape index (κ1) is 11.0. The fraction of sp³-hybridized carbons (Fsp3) is 0.200. The first-order chi connectivity index (χ1) is 8.72. The first-order valence-corrected chi connectivity index (χ1v) is 6.12. The molecule has 1 aromatic carbocycles. The molecule has 3 nitrogen and oxygen atoms in total. The van der Waals surface area contributed by atoms with E-state index >= 15 is 0 Å². The molecule has 92 valence electrons. The Labute approximate surface area is 106 Å². The first-order valence-electron chi connectivity index (χ1n) is 6.12. The molecule has 2 N–H and O–H groups in total. The predicted molar refractivity (Wildman–Crippen MR) is 73.8 cm³/mol. The summed E-state index contributed by atoms with van der Waals surface area (Å²) in [5, 5.41) is 4.66. The Kier molecular flexibility index (Phi) is 2.59. The van der Waals surface area contributed by atoms with Crippen LogP contribution in [-0.2, 0) is 0 Å². The van der Waals surface area contributed by atoms with Crippen molar-refractivity contribution in [2.24, 2.45) is 0 Å². The van der Waals surface area contributed by atoms with Crippen LogP contribution in [0.25, 0.3) is 10.9 Å². The molecular formula is C15H16N2O. The van der Waals surface area contributed by atoms with Gasteiger partial charge in [-0.1, -0.05) is 0 Å². The highest BCUT2D eigenvalue weighted by atomic mass is 16.3. The minimum Gasteiger partial charge on any atom is -0.464 e. The number of aryl methyl sites for hydroxylation is 1. The van der Waals surface area contributed by atoms with Crippen molar-refractivity contribution in [2.45, 2.75) is 19.9 Å². The number of hydrogen-bond donors (Lipinski definition) is 2. The summed E-state index contributed by atoms with van der Waals surface area (Å²) in [5.74, 6) is 1.90. The third-order valence-electron chi connectivity index (χ3n) is 3.12. The number of aromatic nitrogens is 1. The van der Waals surface area contributed by atoms with Crippen molar-refractivity contribution in [1.29, 1.82) is 0 Å². The summed E-state index contributed by atoms with van der Waals surface area (Å²) >= 11 is 0. The maximum absolute atomic E-state index is 5.62. The number of H-pyrrole nitrogens is 1. The van der Waals surface area contributed by atoms with E-state index in [4.69, 9.17) is 4.42 Å². The van der Waals surface area contributed by atoms with Crippen LogP contribution in [0.2, 0.25) is 0 Å². The number of aromatic amines is 1. The van der Waals surface area contributed by atoms with Crippen molar-refractivity contribution in [3.8, 4) is 0 Å². The topological polar surface area (TPSA) is 41.0 Å². The second kappa shape index (κ2) is 4.26. The van der Waals surface area contributed by atoms with E-state index in [-0.39, 0.29) is 6.04 Å². The van der Waals surface area contributed by atoms with Gasteiger partial charge in [0.1, 0.15) is 11.5 Å². The molecule has 0 saturated carbocycles. The van der Waals surface area contributed by atoms with Crippen LogP contribution in [0, 0.1) is 6.92 Å². The molecule has 0 bridgehead atoms. The smallest absolute Gasteiger partial charge is 0.126 e. The second-order valence-electron chi connectivity index (χ2n) is 4.59. The van der Waals surface area contributed by atoms with Crippen LogP contribution < -0.4 is 5.32 Å². The van der Waals surface area contributed by atoms with Crippen molar-refractivity contribution in [1.82, 2.24) is 4.98 Å². The van der Waals surface area contributed by atoms with Gasteiger partial charge in [0, 0.05) is 22.8 Å². The minimum atomic E-state index is 0.162. The van der Waals surface area contributed by atoms with Gasteiger partial charge in [-0.3, -0.25) is 0 Å². The van der Waals surface area contributed by atoms with Gasteiger partial charge in [0.15, 0.2) is 0 Å². The molecule has 3 heteroatoms. The van der Waals surface area contributed by atoms with Gasteiger partial charge in [-0.05, 0) is 50.2 Å². The van der Waals surface area contributed by atoms with E-state index in [1.54, 1.807) is 0 Å². The van der Waals surface area contributed by atoms with Crippen LogP contribution in [0.15, 0.2) is 47.0 Å². The highest BCUT2D eigenvalue weighted by Crippen LogP contribution is 2.23. The Balaban J connectivity index is 1.83. The Morgan fingerprint density at radius 2 is 2.06 bits per heavy atom. The SMILES string of the molecule is Cc1ccc(C(C)Nc2ccc3[nH]ccc3c2)o1. The van der Waals surface area contributed by atoms with Crippen LogP contribution in [0.1, 0.15) is 24.5 Å². The van der Waals surface area contributed by atoms with Crippen molar-refractivity contribution >= 4 is 16.6 Å². The third kappa shape index (κ3) is 1.99. The zero-order chi connectivity index (χ0) is 12.5. The second-order valence-corrected chi connectivity index (χ2v) is 4.59. The molecule has 18 heavy (non-hydrogen) atoms. The van der Waals surface area contributed by atoms with Gasteiger partial charge in [-0.15, -0.1) is 0 Å². The number of hydrogen-bond acceptors (Lipinski definition) is 2. The molecule has 3 aromatic rings. The molecule has 0 spiro atoms. The monoisotopic (exact) mass is 240 g/mol. The fourth-order valence-corrected chi connectivity index (χ4v) is 2.15. The van der Waals surface area contributed by atoms with Crippen molar-refractivity contribution in [3.63, 3.8) is 0 Å². The summed E-state index contributed by atoms with van der Waals surface area (Å²) in [6, 6.07) is 12.5. The number of benzene rings is 1. The van der Waals surface area contributed by atoms with Gasteiger partial charge < -0.3 is 14.7 Å². The van der Waals surface area contributed by atoms with Gasteiger partial charge in [-0.2, -0.15) is 0 Å². The Hall–Kier alpha value is -2.16. The van der Waals surface area contributed by atoms with Crippen molar-refractivity contribution < 1.29 is 4.42 Å². The summed E-state index contributed by atoms with van der Waals surface area (Å²) in [7, 11) is 0. The Bertz CT molecular complexity index is 666. The number of fused-ring (bicyclic) bond motifs is 1. The zero-order valence-corrected chi connectivity index (χ0v) is 10.5. The highest BCUT2D eigenvalue weighted by molar-refractivity contribution is 5.83. The Morgan fingerprint density at radius 3 is 2.83 bits per heavy atom. The largest absolute Gasteiger partial charge is 0.464 e. The fourth-order valence-electron chi connectivity index (χ4n) is 2.15. The van der Waals surface area contributed by atoms with E-state index < -0.39 is 0 Å². The van der Waals surface area contributed by atoms with Crippen LogP contribution in [0.5, 0.6) is 0 Å². The van der Waals surface area contributed by atoms with E-state index in [0.717, 1.165) is 22.7 Å². The van der Waals surface area contributed by atoms with Crippen molar-refractivity contribution in [2.75, 3.05) is 5.32 Å². The number of rotatable bonds is 3. The minimum absolute atomic E-state index is 0.162. The summed E-state index contributed by atoms with van der Waals surface area (Å²) in [4.78, 5) is 3.19. The normalized spacial score (nSPS) is 12.8. The van der Waals surface area contributed by atoms with E-state index in [0.29, 0.717) is 0 Å². The lowest BCUT2D eigenvalue weighted by Gasteiger charge is -2.13. The molecule has 3 rings (SSSR count). The standard InChI is InChI=1S/C15H16N2O/c1-10-3-6-15(18-10)11(2)17-13-4-5-14-12(9-13)7-8-16-14/h3-9,11,16-17H,1-2H3. The zero-order valence-electron chi connectivity index (χ0n) is 10.5. The molecule has 0 aliphatic rings. The average molecular weight is 240 g/mol. The molecule has 2 heterocycles. The van der Waals surface area contributed by atoms with Crippen LogP contribution in [0.3, 0.4) is 0 Å². The third-order valence-corrected chi connectivity index (χ3v) is 3.12. The van der Waals surface area contributed by atoms with Gasteiger partial charge >= 0.3 is 0 Å². The lowest BCUT2D eigenvalue weighted by Crippen LogP contribution is -2.05. The van der Waals surface area contributed by atoms with Crippen LogP contribution in [-0.4, -0.2) is 4.98 Å². The van der Waals surface area contributed by atoms with E-state index in [1.807, 2.05) is 25.3 Å². The molecule has 0 radical (unpaired) electrons. The lowest BCUT2D eigenvalue weighted by atomic mass is 10.2. The van der Waals surface area contributed by atoms with Gasteiger partial charge in [-0.25, -0.2) is 0 Å².